The highest BCUT2D eigenvalue weighted by molar-refractivity contribution is 5.43. The minimum absolute atomic E-state index is 0.0317. The van der Waals surface area contributed by atoms with Gasteiger partial charge in [0, 0.05) is 0 Å². The molecule has 1 aromatic carbocycles. The molecule has 1 heterocycles. The van der Waals surface area contributed by atoms with Crippen molar-refractivity contribution in [3.8, 4) is 6.07 Å². The van der Waals surface area contributed by atoms with Crippen molar-refractivity contribution in [2.45, 2.75) is 13.0 Å². The molecule has 2 rings (SSSR count). The third-order valence-corrected chi connectivity index (χ3v) is 2.49. The van der Waals surface area contributed by atoms with Crippen molar-refractivity contribution < 1.29 is 0 Å². The Hall–Kier alpha value is -2.35. The lowest BCUT2D eigenvalue weighted by Crippen LogP contribution is -2.11. The van der Waals surface area contributed by atoms with Gasteiger partial charge in [-0.05, 0) is 12.5 Å². The van der Waals surface area contributed by atoms with Crippen molar-refractivity contribution in [2.75, 3.05) is 5.73 Å². The minimum atomic E-state index is -0.0317. The fourth-order valence-electron chi connectivity index (χ4n) is 1.54. The maximum Gasteiger partial charge on any atom is 0.206 e. The average Bonchev–Trinajstić information content (AvgIpc) is 2.70. The van der Waals surface area contributed by atoms with Crippen LogP contribution in [0, 0.1) is 11.3 Å². The van der Waals surface area contributed by atoms with Crippen molar-refractivity contribution in [1.29, 1.82) is 5.26 Å². The molecule has 0 radical (unpaired) electrons. The molecular weight excluding hydrogens is 202 g/mol. The molecule has 16 heavy (non-hydrogen) atoms. The predicted molar refractivity (Wildman–Crippen MR) is 59.4 cm³/mol. The van der Waals surface area contributed by atoms with Gasteiger partial charge in [-0.15, -0.1) is 5.10 Å². The summed E-state index contributed by atoms with van der Waals surface area (Å²) in [5.41, 5.74) is 7.01. The van der Waals surface area contributed by atoms with E-state index in [-0.39, 0.29) is 11.7 Å². The van der Waals surface area contributed by atoms with Crippen molar-refractivity contribution in [3.05, 3.63) is 41.6 Å². The summed E-state index contributed by atoms with van der Waals surface area (Å²) in [4.78, 5) is 0. The number of rotatable bonds is 2. The highest BCUT2D eigenvalue weighted by Crippen LogP contribution is 2.20. The van der Waals surface area contributed by atoms with E-state index in [1.165, 1.54) is 0 Å². The summed E-state index contributed by atoms with van der Waals surface area (Å²) in [7, 11) is 0. The summed E-state index contributed by atoms with van der Waals surface area (Å²) in [6.07, 6.45) is 0. The standard InChI is InChI=1S/C11H11N5/c1-8(9-5-3-2-4-6-9)16-11(13)10(7-12)14-15-16/h2-6,8H,13H2,1H3. The van der Waals surface area contributed by atoms with Crippen molar-refractivity contribution in [3.63, 3.8) is 0 Å². The molecule has 80 valence electrons. The monoisotopic (exact) mass is 213 g/mol. The van der Waals surface area contributed by atoms with Crippen molar-refractivity contribution in [2.24, 2.45) is 0 Å². The van der Waals surface area contributed by atoms with Crippen LogP contribution in [0.5, 0.6) is 0 Å². The van der Waals surface area contributed by atoms with Gasteiger partial charge < -0.3 is 5.73 Å². The zero-order valence-corrected chi connectivity index (χ0v) is 8.83. The molecule has 0 spiro atoms. The summed E-state index contributed by atoms with van der Waals surface area (Å²) >= 11 is 0. The predicted octanol–water partition coefficient (Wildman–Crippen LogP) is 1.34. The van der Waals surface area contributed by atoms with Crippen LogP contribution in [0.1, 0.15) is 24.2 Å². The quantitative estimate of drug-likeness (QED) is 0.816. The van der Waals surface area contributed by atoms with E-state index in [9.17, 15) is 0 Å². The van der Waals surface area contributed by atoms with Crippen LogP contribution in [0.2, 0.25) is 0 Å². The van der Waals surface area contributed by atoms with E-state index in [1.807, 2.05) is 43.3 Å². The van der Waals surface area contributed by atoms with E-state index < -0.39 is 0 Å². The Morgan fingerprint density at radius 3 is 2.62 bits per heavy atom. The second-order valence-corrected chi connectivity index (χ2v) is 3.47. The SMILES string of the molecule is CC(c1ccccc1)n1nnc(C#N)c1N. The molecule has 0 saturated heterocycles. The van der Waals surface area contributed by atoms with Crippen LogP contribution in [0.25, 0.3) is 0 Å². The van der Waals surface area contributed by atoms with Gasteiger partial charge in [-0.3, -0.25) is 0 Å². The molecule has 5 nitrogen and oxygen atoms in total. The highest BCUT2D eigenvalue weighted by atomic mass is 15.5. The van der Waals surface area contributed by atoms with Gasteiger partial charge in [-0.25, -0.2) is 4.68 Å². The zero-order chi connectivity index (χ0) is 11.5. The number of nitriles is 1. The molecule has 0 amide bonds. The van der Waals surface area contributed by atoms with Crippen LogP contribution in [0.4, 0.5) is 5.82 Å². The van der Waals surface area contributed by atoms with Gasteiger partial charge in [0.2, 0.25) is 5.69 Å². The number of nitrogen functional groups attached to an aromatic ring is 1. The summed E-state index contributed by atoms with van der Waals surface area (Å²) < 4.78 is 1.55. The molecule has 0 aliphatic rings. The molecule has 5 heteroatoms. The number of nitrogens with zero attached hydrogens (tertiary/aromatic N) is 4. The maximum absolute atomic E-state index is 8.74. The van der Waals surface area contributed by atoms with E-state index in [2.05, 4.69) is 10.3 Å². The number of nitrogens with two attached hydrogens (primary N) is 1. The van der Waals surface area contributed by atoms with Gasteiger partial charge in [0.05, 0.1) is 6.04 Å². The van der Waals surface area contributed by atoms with Crippen LogP contribution in [0.3, 0.4) is 0 Å². The molecule has 1 unspecified atom stereocenters. The van der Waals surface area contributed by atoms with Gasteiger partial charge >= 0.3 is 0 Å². The lowest BCUT2D eigenvalue weighted by molar-refractivity contribution is 0.550. The Labute approximate surface area is 93.1 Å². The molecule has 0 fully saturated rings. The summed E-state index contributed by atoms with van der Waals surface area (Å²) in [5, 5.41) is 16.3. The largest absolute Gasteiger partial charge is 0.381 e. The van der Waals surface area contributed by atoms with Gasteiger partial charge in [-0.1, -0.05) is 35.5 Å². The Kier molecular flexibility index (Phi) is 2.56. The summed E-state index contributed by atoms with van der Waals surface area (Å²) in [6, 6.07) is 11.7. The average molecular weight is 213 g/mol. The topological polar surface area (TPSA) is 80.5 Å². The highest BCUT2D eigenvalue weighted by Gasteiger charge is 2.15. The molecule has 2 N–H and O–H groups in total. The lowest BCUT2D eigenvalue weighted by atomic mass is 10.1. The van der Waals surface area contributed by atoms with E-state index in [1.54, 1.807) is 4.68 Å². The first kappa shape index (κ1) is 10.2. The van der Waals surface area contributed by atoms with Gasteiger partial charge in [0.25, 0.3) is 0 Å². The van der Waals surface area contributed by atoms with Crippen molar-refractivity contribution >= 4 is 5.82 Å². The Bertz CT molecular complexity index is 523. The molecule has 0 aliphatic heterocycles. The van der Waals surface area contributed by atoms with Gasteiger partial charge in [0.1, 0.15) is 6.07 Å². The smallest absolute Gasteiger partial charge is 0.206 e. The number of anilines is 1. The minimum Gasteiger partial charge on any atom is -0.381 e. The number of benzene rings is 1. The second kappa shape index (κ2) is 4.03. The van der Waals surface area contributed by atoms with Crippen molar-refractivity contribution in [1.82, 2.24) is 15.0 Å². The zero-order valence-electron chi connectivity index (χ0n) is 8.83. The Morgan fingerprint density at radius 1 is 1.38 bits per heavy atom. The number of hydrogen-bond donors (Lipinski definition) is 1. The van der Waals surface area contributed by atoms with Crippen LogP contribution >= 0.6 is 0 Å². The summed E-state index contributed by atoms with van der Waals surface area (Å²) in [6.45, 7) is 1.96. The molecule has 1 atom stereocenters. The first-order valence-electron chi connectivity index (χ1n) is 4.89. The van der Waals surface area contributed by atoms with Crippen LogP contribution in [0.15, 0.2) is 30.3 Å². The maximum atomic E-state index is 8.74. The molecule has 1 aromatic heterocycles. The molecule has 0 aliphatic carbocycles. The van der Waals surface area contributed by atoms with E-state index in [0.29, 0.717) is 5.82 Å². The lowest BCUT2D eigenvalue weighted by Gasteiger charge is -2.12. The van der Waals surface area contributed by atoms with Crippen LogP contribution in [-0.2, 0) is 0 Å². The fourth-order valence-corrected chi connectivity index (χ4v) is 1.54. The van der Waals surface area contributed by atoms with E-state index in [4.69, 9.17) is 11.0 Å². The first-order valence-corrected chi connectivity index (χ1v) is 4.89. The van der Waals surface area contributed by atoms with Gasteiger partial charge in [0.15, 0.2) is 5.82 Å². The van der Waals surface area contributed by atoms with E-state index >= 15 is 0 Å². The van der Waals surface area contributed by atoms with Gasteiger partial charge in [-0.2, -0.15) is 5.26 Å². The normalized spacial score (nSPS) is 12.0. The molecule has 0 bridgehead atoms. The second-order valence-electron chi connectivity index (χ2n) is 3.47. The first-order chi connectivity index (χ1) is 7.74. The number of hydrogen-bond acceptors (Lipinski definition) is 4. The third-order valence-electron chi connectivity index (χ3n) is 2.49. The molecule has 0 saturated carbocycles. The third kappa shape index (κ3) is 1.61. The Balaban J connectivity index is 2.39. The molecular formula is C11H11N5. The van der Waals surface area contributed by atoms with E-state index in [0.717, 1.165) is 5.56 Å². The fraction of sp³-hybridized carbons (Fsp3) is 0.182. The van der Waals surface area contributed by atoms with Crippen LogP contribution in [-0.4, -0.2) is 15.0 Å². The summed E-state index contributed by atoms with van der Waals surface area (Å²) in [5.74, 6) is 0.304. The number of aromatic nitrogens is 3. The molecule has 2 aromatic rings. The Morgan fingerprint density at radius 2 is 2.06 bits per heavy atom. The van der Waals surface area contributed by atoms with Crippen LogP contribution < -0.4 is 5.73 Å².